The van der Waals surface area contributed by atoms with Gasteiger partial charge in [0.2, 0.25) is 0 Å². The third kappa shape index (κ3) is 3.86. The van der Waals surface area contributed by atoms with E-state index in [0.29, 0.717) is 38.5 Å². The summed E-state index contributed by atoms with van der Waals surface area (Å²) in [5.41, 5.74) is 0.680. The molecule has 0 unspecified atom stereocenters. The Morgan fingerprint density at radius 1 is 1.35 bits per heavy atom. The molecule has 5 nitrogen and oxygen atoms in total. The second-order valence-corrected chi connectivity index (χ2v) is 6.34. The number of halogens is 1. The Bertz CT molecular complexity index is 798. The summed E-state index contributed by atoms with van der Waals surface area (Å²) in [5, 5.41) is 3.26. The SMILES string of the molecule is CCOc1ccccc1N=C1NC(=O)/C(=C\c2ccc(Br)o2)S1. The molecule has 1 amide bonds. The Labute approximate surface area is 145 Å². The minimum Gasteiger partial charge on any atom is -0.492 e. The van der Waals surface area contributed by atoms with Crippen LogP contribution in [0, 0.1) is 0 Å². The smallest absolute Gasteiger partial charge is 0.264 e. The van der Waals surface area contributed by atoms with Crippen LogP contribution in [0.3, 0.4) is 0 Å². The Morgan fingerprint density at radius 2 is 2.17 bits per heavy atom. The van der Waals surface area contributed by atoms with Crippen LogP contribution in [0.2, 0.25) is 0 Å². The lowest BCUT2D eigenvalue weighted by molar-refractivity contribution is -0.115. The van der Waals surface area contributed by atoms with Crippen LogP contribution in [0.25, 0.3) is 6.08 Å². The molecule has 1 aromatic heterocycles. The van der Waals surface area contributed by atoms with Gasteiger partial charge in [-0.3, -0.25) is 4.79 Å². The van der Waals surface area contributed by atoms with E-state index in [9.17, 15) is 4.79 Å². The number of rotatable bonds is 4. The molecule has 23 heavy (non-hydrogen) atoms. The summed E-state index contributed by atoms with van der Waals surface area (Å²) >= 11 is 4.50. The Kier molecular flexibility index (Phi) is 4.88. The number of aliphatic imine (C=N–C) groups is 1. The highest BCUT2D eigenvalue weighted by atomic mass is 79.9. The molecule has 0 spiro atoms. The van der Waals surface area contributed by atoms with Gasteiger partial charge in [-0.25, -0.2) is 4.99 Å². The minimum absolute atomic E-state index is 0.199. The van der Waals surface area contributed by atoms with Crippen molar-refractivity contribution in [1.82, 2.24) is 5.32 Å². The number of nitrogens with zero attached hydrogens (tertiary/aromatic N) is 1. The van der Waals surface area contributed by atoms with Crippen molar-refractivity contribution in [2.24, 2.45) is 4.99 Å². The third-order valence-electron chi connectivity index (χ3n) is 2.91. The molecule has 1 N–H and O–H groups in total. The molecule has 0 atom stereocenters. The number of hydrogen-bond donors (Lipinski definition) is 1. The molecular weight excluding hydrogens is 380 g/mol. The molecule has 1 saturated heterocycles. The first-order valence-corrected chi connectivity index (χ1v) is 8.53. The maximum atomic E-state index is 12.0. The molecule has 0 bridgehead atoms. The van der Waals surface area contributed by atoms with Crippen LogP contribution in [0.15, 0.2) is 55.4 Å². The average Bonchev–Trinajstić information content (AvgIpc) is 3.08. The quantitative estimate of drug-likeness (QED) is 0.786. The number of furan rings is 1. The molecule has 1 aliphatic rings. The van der Waals surface area contributed by atoms with Gasteiger partial charge in [0.05, 0.1) is 11.5 Å². The number of benzene rings is 1. The van der Waals surface area contributed by atoms with Gasteiger partial charge in [0, 0.05) is 6.08 Å². The Hall–Kier alpha value is -1.99. The fourth-order valence-corrected chi connectivity index (χ4v) is 3.09. The first-order chi connectivity index (χ1) is 11.2. The van der Waals surface area contributed by atoms with Crippen molar-refractivity contribution in [3.05, 3.63) is 51.7 Å². The van der Waals surface area contributed by atoms with E-state index in [0.717, 1.165) is 0 Å². The van der Waals surface area contributed by atoms with Crippen LogP contribution in [-0.4, -0.2) is 17.7 Å². The van der Waals surface area contributed by atoms with Crippen LogP contribution in [0.1, 0.15) is 12.7 Å². The van der Waals surface area contributed by atoms with Crippen LogP contribution >= 0.6 is 27.7 Å². The highest BCUT2D eigenvalue weighted by molar-refractivity contribution is 9.10. The molecule has 118 valence electrons. The molecule has 2 aromatic rings. The van der Waals surface area contributed by atoms with Crippen LogP contribution in [0.5, 0.6) is 5.75 Å². The zero-order chi connectivity index (χ0) is 16.2. The standard InChI is InChI=1S/C16H13BrN2O3S/c1-2-21-12-6-4-3-5-11(12)18-16-19-15(20)13(23-16)9-10-7-8-14(17)22-10/h3-9H,2H2,1H3,(H,18,19,20)/b13-9+. The van der Waals surface area contributed by atoms with E-state index in [1.165, 1.54) is 11.8 Å². The third-order valence-corrected chi connectivity index (χ3v) is 4.24. The number of amides is 1. The van der Waals surface area contributed by atoms with Crippen molar-refractivity contribution < 1.29 is 13.9 Å². The van der Waals surface area contributed by atoms with Crippen molar-refractivity contribution in [2.45, 2.75) is 6.92 Å². The summed E-state index contributed by atoms with van der Waals surface area (Å²) in [6.45, 7) is 2.47. The van der Waals surface area contributed by atoms with Gasteiger partial charge >= 0.3 is 0 Å². The van der Waals surface area contributed by atoms with E-state index in [-0.39, 0.29) is 5.91 Å². The number of amidine groups is 1. The van der Waals surface area contributed by atoms with E-state index in [1.54, 1.807) is 18.2 Å². The van der Waals surface area contributed by atoms with Crippen molar-refractivity contribution >= 4 is 50.5 Å². The Morgan fingerprint density at radius 3 is 2.91 bits per heavy atom. The van der Waals surface area contributed by atoms with Gasteiger partial charge in [0.25, 0.3) is 5.91 Å². The van der Waals surface area contributed by atoms with E-state index < -0.39 is 0 Å². The molecule has 0 aliphatic carbocycles. The van der Waals surface area contributed by atoms with Crippen molar-refractivity contribution in [1.29, 1.82) is 0 Å². The first kappa shape index (κ1) is 15.9. The summed E-state index contributed by atoms with van der Waals surface area (Å²) in [6.07, 6.45) is 1.68. The molecule has 7 heteroatoms. The predicted octanol–water partition coefficient (Wildman–Crippen LogP) is 4.33. The number of nitrogens with one attached hydrogen (secondary N) is 1. The summed E-state index contributed by atoms with van der Waals surface area (Å²) in [7, 11) is 0. The first-order valence-electron chi connectivity index (χ1n) is 6.92. The number of para-hydroxylation sites is 2. The molecular formula is C16H13BrN2O3S. The highest BCUT2D eigenvalue weighted by Crippen LogP contribution is 2.32. The fourth-order valence-electron chi connectivity index (χ4n) is 1.95. The molecule has 1 aliphatic heterocycles. The van der Waals surface area contributed by atoms with E-state index in [2.05, 4.69) is 26.2 Å². The lowest BCUT2D eigenvalue weighted by Gasteiger charge is -2.06. The Balaban J connectivity index is 1.83. The van der Waals surface area contributed by atoms with E-state index >= 15 is 0 Å². The number of ether oxygens (including phenoxy) is 1. The average molecular weight is 393 g/mol. The monoisotopic (exact) mass is 392 g/mol. The molecule has 1 aromatic carbocycles. The minimum atomic E-state index is -0.199. The number of carbonyl (C=O) groups excluding carboxylic acids is 1. The van der Waals surface area contributed by atoms with Crippen LogP contribution in [0.4, 0.5) is 5.69 Å². The lowest BCUT2D eigenvalue weighted by Crippen LogP contribution is -2.19. The van der Waals surface area contributed by atoms with Gasteiger partial charge in [0.1, 0.15) is 17.2 Å². The fraction of sp³-hybridized carbons (Fsp3) is 0.125. The molecule has 2 heterocycles. The summed E-state index contributed by atoms with van der Waals surface area (Å²) in [4.78, 5) is 17.0. The topological polar surface area (TPSA) is 63.8 Å². The van der Waals surface area contributed by atoms with Crippen molar-refractivity contribution in [2.75, 3.05) is 6.61 Å². The van der Waals surface area contributed by atoms with Gasteiger partial charge in [-0.15, -0.1) is 0 Å². The molecule has 1 fully saturated rings. The highest BCUT2D eigenvalue weighted by Gasteiger charge is 2.24. The molecule has 0 saturated carbocycles. The van der Waals surface area contributed by atoms with Gasteiger partial charge in [-0.1, -0.05) is 12.1 Å². The normalized spacial score (nSPS) is 17.7. The maximum Gasteiger partial charge on any atom is 0.264 e. The summed E-state index contributed by atoms with van der Waals surface area (Å²) in [6, 6.07) is 11.0. The number of thioether (sulfide) groups is 1. The largest absolute Gasteiger partial charge is 0.492 e. The van der Waals surface area contributed by atoms with Crippen molar-refractivity contribution in [3.8, 4) is 5.75 Å². The number of hydrogen-bond acceptors (Lipinski definition) is 5. The summed E-state index contributed by atoms with van der Waals surface area (Å²) in [5.74, 6) is 1.09. The second kappa shape index (κ2) is 7.06. The van der Waals surface area contributed by atoms with Gasteiger partial charge < -0.3 is 14.5 Å². The zero-order valence-electron chi connectivity index (χ0n) is 12.2. The zero-order valence-corrected chi connectivity index (χ0v) is 14.6. The predicted molar refractivity (Wildman–Crippen MR) is 94.8 cm³/mol. The van der Waals surface area contributed by atoms with Gasteiger partial charge in [0.15, 0.2) is 9.84 Å². The van der Waals surface area contributed by atoms with E-state index in [4.69, 9.17) is 9.15 Å². The molecule has 3 rings (SSSR count). The number of carbonyl (C=O) groups is 1. The van der Waals surface area contributed by atoms with Crippen LogP contribution < -0.4 is 10.1 Å². The van der Waals surface area contributed by atoms with E-state index in [1.807, 2.05) is 31.2 Å². The van der Waals surface area contributed by atoms with Gasteiger partial charge in [-0.05, 0) is 58.9 Å². The molecule has 0 radical (unpaired) electrons. The van der Waals surface area contributed by atoms with Gasteiger partial charge in [-0.2, -0.15) is 0 Å². The second-order valence-electron chi connectivity index (χ2n) is 4.52. The van der Waals surface area contributed by atoms with Crippen LogP contribution in [-0.2, 0) is 4.79 Å². The summed E-state index contributed by atoms with van der Waals surface area (Å²) < 4.78 is 11.5. The maximum absolute atomic E-state index is 12.0. The van der Waals surface area contributed by atoms with Crippen molar-refractivity contribution in [3.63, 3.8) is 0 Å². The lowest BCUT2D eigenvalue weighted by atomic mass is 10.3.